The minimum absolute atomic E-state index is 0.126. The summed E-state index contributed by atoms with van der Waals surface area (Å²) in [5.74, 6) is -0.287. The van der Waals surface area contributed by atoms with Gasteiger partial charge in [-0.1, -0.05) is 24.3 Å². The lowest BCUT2D eigenvalue weighted by Crippen LogP contribution is -2.11. The van der Waals surface area contributed by atoms with Crippen molar-refractivity contribution in [2.75, 3.05) is 16.0 Å². The number of hydrogen-bond donors (Lipinski definition) is 4. The molecule has 0 bridgehead atoms. The summed E-state index contributed by atoms with van der Waals surface area (Å²) in [5.41, 5.74) is 7.14. The van der Waals surface area contributed by atoms with Crippen molar-refractivity contribution in [2.45, 2.75) is 6.92 Å². The number of carbonyl (C=O) groups excluding carboxylic acids is 2. The maximum Gasteiger partial charge on any atom is 0.256 e. The van der Waals surface area contributed by atoms with Crippen LogP contribution in [0.5, 0.6) is 0 Å². The van der Waals surface area contributed by atoms with Gasteiger partial charge in [0.2, 0.25) is 0 Å². The Morgan fingerprint density at radius 2 is 1.73 bits per heavy atom. The summed E-state index contributed by atoms with van der Waals surface area (Å²) in [6.07, 6.45) is 3.67. The molecule has 162 valence electrons. The van der Waals surface area contributed by atoms with Crippen LogP contribution in [0, 0.1) is 6.92 Å². The van der Waals surface area contributed by atoms with E-state index in [0.717, 1.165) is 33.9 Å². The van der Waals surface area contributed by atoms with E-state index in [9.17, 15) is 9.59 Å². The van der Waals surface area contributed by atoms with Crippen molar-refractivity contribution < 1.29 is 9.59 Å². The second-order valence-corrected chi connectivity index (χ2v) is 7.87. The zero-order chi connectivity index (χ0) is 22.8. The van der Waals surface area contributed by atoms with Gasteiger partial charge in [0.25, 0.3) is 11.8 Å². The summed E-state index contributed by atoms with van der Waals surface area (Å²) in [6.45, 7) is 2.00. The number of aryl methyl sites for hydroxylation is 1. The fraction of sp³-hybridized carbons (Fsp3) is 0.0370. The van der Waals surface area contributed by atoms with Crippen molar-refractivity contribution in [3.05, 3.63) is 107 Å². The molecule has 3 aromatic carbocycles. The van der Waals surface area contributed by atoms with Crippen molar-refractivity contribution in [3.63, 3.8) is 0 Å². The Bertz CT molecular complexity index is 1370. The second-order valence-electron chi connectivity index (χ2n) is 7.87. The molecule has 6 heteroatoms. The highest BCUT2D eigenvalue weighted by molar-refractivity contribution is 6.35. The van der Waals surface area contributed by atoms with Crippen LogP contribution >= 0.6 is 0 Å². The van der Waals surface area contributed by atoms with Crippen LogP contribution in [0.4, 0.5) is 22.7 Å². The first-order valence-corrected chi connectivity index (χ1v) is 10.6. The predicted molar refractivity (Wildman–Crippen MR) is 133 cm³/mol. The summed E-state index contributed by atoms with van der Waals surface area (Å²) < 4.78 is 0. The Kier molecular flexibility index (Phi) is 5.24. The van der Waals surface area contributed by atoms with E-state index < -0.39 is 0 Å². The lowest BCUT2D eigenvalue weighted by atomic mass is 10.0. The summed E-state index contributed by atoms with van der Waals surface area (Å²) in [7, 11) is 0. The van der Waals surface area contributed by atoms with Crippen LogP contribution in [0.2, 0.25) is 0 Å². The highest BCUT2D eigenvalue weighted by Gasteiger charge is 2.24. The third-order valence-corrected chi connectivity index (χ3v) is 5.53. The van der Waals surface area contributed by atoms with Crippen LogP contribution in [0.15, 0.2) is 85.1 Å². The molecule has 0 atom stereocenters. The molecule has 4 N–H and O–H groups in total. The third-order valence-electron chi connectivity index (χ3n) is 5.53. The van der Waals surface area contributed by atoms with Gasteiger partial charge in [0.15, 0.2) is 0 Å². The van der Waals surface area contributed by atoms with Gasteiger partial charge in [-0.15, -0.1) is 0 Å². The molecule has 6 nitrogen and oxygen atoms in total. The highest BCUT2D eigenvalue weighted by atomic mass is 16.2. The standard InChI is InChI=1S/C27H22N4O2/c1-17-9-10-21(30-26(32)18-6-3-2-4-7-18)16-25(17)29-20-11-12-24-22(15-20)23(27(33)31-24)14-19-8-5-13-28-19/h2-16,28-29H,1H3,(H,30,32)(H,31,33)/b23-14-. The first-order chi connectivity index (χ1) is 16.1. The number of aromatic nitrogens is 1. The number of aromatic amines is 1. The smallest absolute Gasteiger partial charge is 0.256 e. The van der Waals surface area contributed by atoms with Crippen molar-refractivity contribution >= 4 is 46.2 Å². The number of hydrogen-bond acceptors (Lipinski definition) is 3. The number of fused-ring (bicyclic) bond motifs is 1. The number of nitrogens with one attached hydrogen (secondary N) is 4. The number of anilines is 4. The van der Waals surface area contributed by atoms with E-state index in [1.807, 2.05) is 85.9 Å². The predicted octanol–water partition coefficient (Wildman–Crippen LogP) is 5.81. The molecular weight excluding hydrogens is 412 g/mol. The highest BCUT2D eigenvalue weighted by Crippen LogP contribution is 2.36. The molecule has 1 aliphatic heterocycles. The molecule has 0 aliphatic carbocycles. The first kappa shape index (κ1) is 20.3. The fourth-order valence-corrected chi connectivity index (χ4v) is 3.78. The Morgan fingerprint density at radius 1 is 0.909 bits per heavy atom. The largest absolute Gasteiger partial charge is 0.362 e. The molecule has 4 aromatic rings. The Labute approximate surface area is 191 Å². The number of rotatable bonds is 5. The van der Waals surface area contributed by atoms with E-state index in [4.69, 9.17) is 0 Å². The van der Waals surface area contributed by atoms with Gasteiger partial charge in [0.1, 0.15) is 0 Å². The van der Waals surface area contributed by atoms with E-state index in [2.05, 4.69) is 20.9 Å². The molecule has 1 aliphatic rings. The Hall–Kier alpha value is -4.58. The van der Waals surface area contributed by atoms with Gasteiger partial charge in [-0.2, -0.15) is 0 Å². The molecule has 0 fully saturated rings. The van der Waals surface area contributed by atoms with Gasteiger partial charge in [0, 0.05) is 45.8 Å². The van der Waals surface area contributed by atoms with Gasteiger partial charge in [0.05, 0.1) is 5.57 Å². The molecular formula is C27H22N4O2. The quantitative estimate of drug-likeness (QED) is 0.299. The molecule has 33 heavy (non-hydrogen) atoms. The van der Waals surface area contributed by atoms with Crippen LogP contribution in [0.3, 0.4) is 0 Å². The molecule has 0 spiro atoms. The molecule has 0 unspecified atom stereocenters. The maximum absolute atomic E-state index is 12.5. The number of benzene rings is 3. The number of carbonyl (C=O) groups is 2. The lowest BCUT2D eigenvalue weighted by Gasteiger charge is -2.13. The third kappa shape index (κ3) is 4.27. The normalized spacial score (nSPS) is 13.5. The number of H-pyrrole nitrogens is 1. The molecule has 2 heterocycles. The van der Waals surface area contributed by atoms with Crippen molar-refractivity contribution in [1.82, 2.24) is 4.98 Å². The Balaban J connectivity index is 1.40. The van der Waals surface area contributed by atoms with Gasteiger partial charge >= 0.3 is 0 Å². The molecule has 5 rings (SSSR count). The molecule has 1 aromatic heterocycles. The molecule has 0 saturated carbocycles. The van der Waals surface area contributed by atoms with E-state index in [0.29, 0.717) is 16.8 Å². The topological polar surface area (TPSA) is 86.0 Å². The lowest BCUT2D eigenvalue weighted by molar-refractivity contribution is -0.110. The molecule has 2 amide bonds. The fourth-order valence-electron chi connectivity index (χ4n) is 3.78. The van der Waals surface area contributed by atoms with Gasteiger partial charge in [-0.25, -0.2) is 0 Å². The van der Waals surface area contributed by atoms with Crippen LogP contribution in [-0.4, -0.2) is 16.8 Å². The summed E-state index contributed by atoms with van der Waals surface area (Å²) >= 11 is 0. The van der Waals surface area contributed by atoms with Crippen LogP contribution in [0.1, 0.15) is 27.2 Å². The van der Waals surface area contributed by atoms with E-state index in [-0.39, 0.29) is 11.8 Å². The van der Waals surface area contributed by atoms with E-state index >= 15 is 0 Å². The van der Waals surface area contributed by atoms with Gasteiger partial charge < -0.3 is 20.9 Å². The minimum atomic E-state index is -0.161. The van der Waals surface area contributed by atoms with Gasteiger partial charge in [-0.05, 0) is 73.2 Å². The molecule has 0 saturated heterocycles. The molecule has 0 radical (unpaired) electrons. The van der Waals surface area contributed by atoms with Crippen molar-refractivity contribution in [2.24, 2.45) is 0 Å². The Morgan fingerprint density at radius 3 is 2.52 bits per heavy atom. The van der Waals surface area contributed by atoms with Gasteiger partial charge in [-0.3, -0.25) is 9.59 Å². The number of amides is 2. The SMILES string of the molecule is Cc1ccc(NC(=O)c2ccccc2)cc1Nc1ccc2c(c1)/C(=C/c1ccc[nH]1)C(=O)N2. The van der Waals surface area contributed by atoms with E-state index in [1.165, 1.54) is 0 Å². The first-order valence-electron chi connectivity index (χ1n) is 10.6. The monoisotopic (exact) mass is 434 g/mol. The van der Waals surface area contributed by atoms with Crippen molar-refractivity contribution in [3.8, 4) is 0 Å². The zero-order valence-corrected chi connectivity index (χ0v) is 18.0. The maximum atomic E-state index is 12.5. The zero-order valence-electron chi connectivity index (χ0n) is 18.0. The summed E-state index contributed by atoms with van der Waals surface area (Å²) in [4.78, 5) is 28.1. The average Bonchev–Trinajstić information content (AvgIpc) is 3.45. The summed E-state index contributed by atoms with van der Waals surface area (Å²) in [5, 5.41) is 9.28. The summed E-state index contributed by atoms with van der Waals surface area (Å²) in [6, 6.07) is 24.4. The van der Waals surface area contributed by atoms with Crippen LogP contribution in [0.25, 0.3) is 11.6 Å². The minimum Gasteiger partial charge on any atom is -0.362 e. The van der Waals surface area contributed by atoms with E-state index in [1.54, 1.807) is 12.1 Å². The van der Waals surface area contributed by atoms with Crippen LogP contribution < -0.4 is 16.0 Å². The second kappa shape index (κ2) is 8.51. The van der Waals surface area contributed by atoms with Crippen molar-refractivity contribution in [1.29, 1.82) is 0 Å². The average molecular weight is 434 g/mol. The van der Waals surface area contributed by atoms with Crippen LogP contribution in [-0.2, 0) is 4.79 Å².